The highest BCUT2D eigenvalue weighted by Gasteiger charge is 2.20. The Balaban J connectivity index is 1.73. The minimum absolute atomic E-state index is 0.398. The molecule has 0 atom stereocenters. The Bertz CT molecular complexity index is 1210. The van der Waals surface area contributed by atoms with E-state index in [4.69, 9.17) is 4.98 Å². The van der Waals surface area contributed by atoms with Gasteiger partial charge in [0.2, 0.25) is 0 Å². The number of rotatable bonds is 9. The minimum Gasteiger partial charge on any atom is -0.507 e. The van der Waals surface area contributed by atoms with E-state index in [0.717, 1.165) is 66.2 Å². The molecule has 4 nitrogen and oxygen atoms in total. The first-order chi connectivity index (χ1) is 16.5. The zero-order chi connectivity index (χ0) is 24.1. The lowest BCUT2D eigenvalue weighted by molar-refractivity contribution is 0.247. The Morgan fingerprint density at radius 1 is 0.853 bits per heavy atom. The van der Waals surface area contributed by atoms with Crippen LogP contribution in [0.15, 0.2) is 72.8 Å². The van der Waals surface area contributed by atoms with Gasteiger partial charge in [-0.25, -0.2) is 4.98 Å². The van der Waals surface area contributed by atoms with Gasteiger partial charge >= 0.3 is 0 Å². The van der Waals surface area contributed by atoms with Crippen molar-refractivity contribution in [3.63, 3.8) is 0 Å². The summed E-state index contributed by atoms with van der Waals surface area (Å²) in [6.45, 7) is 8.84. The Hall–Kier alpha value is -3.37. The van der Waals surface area contributed by atoms with E-state index in [1.165, 1.54) is 11.3 Å². The Morgan fingerprint density at radius 2 is 1.44 bits per heavy atom. The maximum Gasteiger partial charge on any atom is 0.140 e. The Morgan fingerprint density at radius 3 is 2.03 bits per heavy atom. The highest BCUT2D eigenvalue weighted by Crippen LogP contribution is 2.30. The van der Waals surface area contributed by atoms with Crippen molar-refractivity contribution in [3.8, 4) is 28.4 Å². The minimum atomic E-state index is 0.398. The number of phenolic OH excluding ortho intramolecular Hbond substituents is 1. The topological polar surface area (TPSA) is 41.3 Å². The summed E-state index contributed by atoms with van der Waals surface area (Å²) < 4.78 is 2.25. The van der Waals surface area contributed by atoms with E-state index in [1.54, 1.807) is 0 Å². The van der Waals surface area contributed by atoms with Gasteiger partial charge < -0.3 is 9.67 Å². The van der Waals surface area contributed by atoms with Crippen LogP contribution in [0.1, 0.15) is 42.1 Å². The standard InChI is InChI=1S/C30H35N3O/c1-5-6-17-33(20-24-18-22(2)29(34)23(3)19-24)21-27-28(25-13-9-7-10-14-25)31-30(32(27)4)26-15-11-8-12-16-26/h7-16,18-19,34H,5-6,17,20-21H2,1-4H3. The largest absolute Gasteiger partial charge is 0.507 e. The molecular formula is C30H35N3O. The van der Waals surface area contributed by atoms with Crippen molar-refractivity contribution in [3.05, 3.63) is 95.2 Å². The molecule has 4 rings (SSSR count). The van der Waals surface area contributed by atoms with Crippen molar-refractivity contribution in [2.24, 2.45) is 7.05 Å². The van der Waals surface area contributed by atoms with Gasteiger partial charge in [-0.05, 0) is 43.5 Å². The number of imidazole rings is 1. The number of hydrogen-bond acceptors (Lipinski definition) is 3. The SMILES string of the molecule is CCCCN(Cc1cc(C)c(O)c(C)c1)Cc1c(-c2ccccc2)nc(-c2ccccc2)n1C. The van der Waals surface area contributed by atoms with E-state index in [0.29, 0.717) is 5.75 Å². The Labute approximate surface area is 203 Å². The van der Waals surface area contributed by atoms with Crippen molar-refractivity contribution in [2.75, 3.05) is 6.54 Å². The third-order valence-corrected chi connectivity index (χ3v) is 6.45. The first-order valence-electron chi connectivity index (χ1n) is 12.2. The Kier molecular flexibility index (Phi) is 7.49. The molecule has 0 aliphatic rings. The summed E-state index contributed by atoms with van der Waals surface area (Å²) in [6.07, 6.45) is 2.29. The number of nitrogens with zero attached hydrogens (tertiary/aromatic N) is 3. The molecule has 0 spiro atoms. The van der Waals surface area contributed by atoms with Gasteiger partial charge in [-0.3, -0.25) is 4.90 Å². The number of aryl methyl sites for hydroxylation is 2. The molecule has 1 aromatic heterocycles. The smallest absolute Gasteiger partial charge is 0.140 e. The van der Waals surface area contributed by atoms with Gasteiger partial charge in [0.15, 0.2) is 0 Å². The molecule has 0 bridgehead atoms. The monoisotopic (exact) mass is 453 g/mol. The molecule has 3 aromatic carbocycles. The molecule has 0 amide bonds. The molecule has 1 N–H and O–H groups in total. The predicted molar refractivity (Wildman–Crippen MR) is 141 cm³/mol. The molecule has 176 valence electrons. The van der Waals surface area contributed by atoms with Crippen LogP contribution in [0.25, 0.3) is 22.6 Å². The quantitative estimate of drug-likeness (QED) is 0.300. The van der Waals surface area contributed by atoms with E-state index >= 15 is 0 Å². The summed E-state index contributed by atoms with van der Waals surface area (Å²) in [5, 5.41) is 10.2. The number of hydrogen-bond donors (Lipinski definition) is 1. The molecular weight excluding hydrogens is 418 g/mol. The first-order valence-corrected chi connectivity index (χ1v) is 12.2. The normalized spacial score (nSPS) is 11.3. The van der Waals surface area contributed by atoms with Gasteiger partial charge in [-0.15, -0.1) is 0 Å². The van der Waals surface area contributed by atoms with Crippen LogP contribution in [-0.4, -0.2) is 26.1 Å². The molecule has 1 heterocycles. The molecule has 34 heavy (non-hydrogen) atoms. The predicted octanol–water partition coefficient (Wildman–Crippen LogP) is 6.88. The number of aromatic hydroxyl groups is 1. The number of benzene rings is 3. The molecule has 0 aliphatic heterocycles. The molecule has 4 heteroatoms. The molecule has 0 unspecified atom stereocenters. The maximum atomic E-state index is 10.2. The van der Waals surface area contributed by atoms with Crippen LogP contribution in [0.2, 0.25) is 0 Å². The van der Waals surface area contributed by atoms with Crippen LogP contribution in [0, 0.1) is 13.8 Å². The van der Waals surface area contributed by atoms with Gasteiger partial charge in [-0.1, -0.05) is 86.1 Å². The fraction of sp³-hybridized carbons (Fsp3) is 0.300. The highest BCUT2D eigenvalue weighted by molar-refractivity contribution is 5.68. The lowest BCUT2D eigenvalue weighted by Gasteiger charge is -2.24. The van der Waals surface area contributed by atoms with Crippen molar-refractivity contribution in [1.29, 1.82) is 0 Å². The van der Waals surface area contributed by atoms with Crippen LogP contribution in [-0.2, 0) is 20.1 Å². The van der Waals surface area contributed by atoms with Crippen LogP contribution >= 0.6 is 0 Å². The molecule has 4 aromatic rings. The van der Waals surface area contributed by atoms with Crippen molar-refractivity contribution in [2.45, 2.75) is 46.7 Å². The molecule has 0 saturated carbocycles. The summed E-state index contributed by atoms with van der Waals surface area (Å²) >= 11 is 0. The number of phenols is 1. The van der Waals surface area contributed by atoms with Crippen LogP contribution in [0.5, 0.6) is 5.75 Å². The van der Waals surface area contributed by atoms with Gasteiger partial charge in [0.25, 0.3) is 0 Å². The van der Waals surface area contributed by atoms with E-state index < -0.39 is 0 Å². The van der Waals surface area contributed by atoms with Gasteiger partial charge in [0.1, 0.15) is 11.6 Å². The second-order valence-corrected chi connectivity index (χ2v) is 9.16. The van der Waals surface area contributed by atoms with Gasteiger partial charge in [0.05, 0.1) is 11.4 Å². The third kappa shape index (κ3) is 5.23. The molecule has 0 saturated heterocycles. The summed E-state index contributed by atoms with van der Waals surface area (Å²) in [4.78, 5) is 7.64. The zero-order valence-corrected chi connectivity index (χ0v) is 20.8. The van der Waals surface area contributed by atoms with Crippen LogP contribution in [0.3, 0.4) is 0 Å². The summed E-state index contributed by atoms with van der Waals surface area (Å²) in [6, 6.07) is 25.1. The van der Waals surface area contributed by atoms with E-state index in [-0.39, 0.29) is 0 Å². The second kappa shape index (κ2) is 10.7. The molecule has 0 radical (unpaired) electrons. The van der Waals surface area contributed by atoms with Gasteiger partial charge in [0, 0.05) is 31.3 Å². The van der Waals surface area contributed by atoms with Crippen molar-refractivity contribution >= 4 is 0 Å². The maximum absolute atomic E-state index is 10.2. The average molecular weight is 454 g/mol. The lowest BCUT2D eigenvalue weighted by atomic mass is 10.0. The second-order valence-electron chi connectivity index (χ2n) is 9.16. The molecule has 0 aliphatic carbocycles. The van der Waals surface area contributed by atoms with E-state index in [2.05, 4.69) is 84.1 Å². The first kappa shape index (κ1) is 23.8. The van der Waals surface area contributed by atoms with E-state index in [1.807, 2.05) is 26.0 Å². The summed E-state index contributed by atoms with van der Waals surface area (Å²) in [5.41, 5.74) is 7.62. The summed E-state index contributed by atoms with van der Waals surface area (Å²) in [5.74, 6) is 1.38. The van der Waals surface area contributed by atoms with Crippen LogP contribution in [0.4, 0.5) is 0 Å². The van der Waals surface area contributed by atoms with Crippen molar-refractivity contribution in [1.82, 2.24) is 14.5 Å². The zero-order valence-electron chi connectivity index (χ0n) is 20.8. The number of unbranched alkanes of at least 4 members (excludes halogenated alkanes) is 1. The average Bonchev–Trinajstić information content (AvgIpc) is 3.18. The highest BCUT2D eigenvalue weighted by atomic mass is 16.3. The third-order valence-electron chi connectivity index (χ3n) is 6.45. The summed E-state index contributed by atoms with van der Waals surface area (Å²) in [7, 11) is 2.13. The fourth-order valence-electron chi connectivity index (χ4n) is 4.59. The molecule has 0 fully saturated rings. The van der Waals surface area contributed by atoms with Crippen molar-refractivity contribution < 1.29 is 5.11 Å². The van der Waals surface area contributed by atoms with E-state index in [9.17, 15) is 5.11 Å². The lowest BCUT2D eigenvalue weighted by Crippen LogP contribution is -2.25. The fourth-order valence-corrected chi connectivity index (χ4v) is 4.59. The van der Waals surface area contributed by atoms with Crippen LogP contribution < -0.4 is 0 Å². The number of aromatic nitrogens is 2. The van der Waals surface area contributed by atoms with Gasteiger partial charge in [-0.2, -0.15) is 0 Å².